The number of ketones is 2. The van der Waals surface area contributed by atoms with Crippen molar-refractivity contribution in [1.82, 2.24) is 0 Å². The van der Waals surface area contributed by atoms with E-state index in [0.717, 1.165) is 24.8 Å². The molecule has 0 bridgehead atoms. The molecule has 0 radical (unpaired) electrons. The van der Waals surface area contributed by atoms with Gasteiger partial charge in [-0.2, -0.15) is 0 Å². The summed E-state index contributed by atoms with van der Waals surface area (Å²) in [5, 5.41) is 0. The van der Waals surface area contributed by atoms with Gasteiger partial charge in [-0.1, -0.05) is 80.4 Å². The Morgan fingerprint density at radius 1 is 0.826 bits per heavy atom. The van der Waals surface area contributed by atoms with Crippen LogP contribution >= 0.6 is 0 Å². The van der Waals surface area contributed by atoms with Gasteiger partial charge in [0.1, 0.15) is 0 Å². The van der Waals surface area contributed by atoms with Crippen LogP contribution in [0, 0.1) is 0 Å². The van der Waals surface area contributed by atoms with Crippen LogP contribution in [0.1, 0.15) is 48.5 Å². The van der Waals surface area contributed by atoms with Crippen molar-refractivity contribution in [3.8, 4) is 0 Å². The molecule has 0 spiro atoms. The summed E-state index contributed by atoms with van der Waals surface area (Å²) >= 11 is 0. The van der Waals surface area contributed by atoms with Crippen LogP contribution in [-0.2, 0) is 4.79 Å². The van der Waals surface area contributed by atoms with Crippen molar-refractivity contribution in [1.29, 1.82) is 0 Å². The fourth-order valence-corrected chi connectivity index (χ4v) is 2.43. The number of allylic oxidation sites excluding steroid dienone is 2. The Morgan fingerprint density at radius 2 is 1.39 bits per heavy atom. The zero-order chi connectivity index (χ0) is 16.5. The van der Waals surface area contributed by atoms with Gasteiger partial charge >= 0.3 is 0 Å². The first-order valence-electron chi connectivity index (χ1n) is 8.12. The number of benzene rings is 2. The van der Waals surface area contributed by atoms with E-state index in [1.807, 2.05) is 48.5 Å². The van der Waals surface area contributed by atoms with Gasteiger partial charge in [0.15, 0.2) is 11.6 Å². The molecular formula is C21H22O2. The zero-order valence-corrected chi connectivity index (χ0v) is 13.5. The minimum absolute atomic E-state index is 0.0154. The number of rotatable bonds is 8. The highest BCUT2D eigenvalue weighted by Crippen LogP contribution is 2.20. The van der Waals surface area contributed by atoms with Gasteiger partial charge in [-0.05, 0) is 18.1 Å². The van der Waals surface area contributed by atoms with Gasteiger partial charge in [-0.15, -0.1) is 0 Å². The third-order valence-electron chi connectivity index (χ3n) is 3.70. The first-order valence-corrected chi connectivity index (χ1v) is 8.12. The number of carbonyl (C=O) groups excluding carboxylic acids is 2. The summed E-state index contributed by atoms with van der Waals surface area (Å²) in [5.41, 5.74) is 1.85. The molecule has 0 atom stereocenters. The van der Waals surface area contributed by atoms with Crippen molar-refractivity contribution in [3.63, 3.8) is 0 Å². The molecule has 2 nitrogen and oxygen atoms in total. The third kappa shape index (κ3) is 5.03. The summed E-state index contributed by atoms with van der Waals surface area (Å²) in [6, 6.07) is 18.5. The molecule has 23 heavy (non-hydrogen) atoms. The van der Waals surface area contributed by atoms with Gasteiger partial charge < -0.3 is 0 Å². The summed E-state index contributed by atoms with van der Waals surface area (Å²) in [6.07, 6.45) is 4.98. The standard InChI is InChI=1S/C21H22O2/c1-2-3-6-15-19(22)16-20(17-11-7-4-8-12-17)21(23)18-13-9-5-10-14-18/h4-5,7-14,16H,2-3,6,15H2,1H3/b20-16+. The maximum absolute atomic E-state index is 12.8. The molecular weight excluding hydrogens is 284 g/mol. The van der Waals surface area contributed by atoms with Crippen molar-refractivity contribution >= 4 is 17.1 Å². The number of hydrogen-bond donors (Lipinski definition) is 0. The second-order valence-corrected chi connectivity index (χ2v) is 5.54. The average Bonchev–Trinajstić information content (AvgIpc) is 2.61. The van der Waals surface area contributed by atoms with E-state index in [2.05, 4.69) is 6.92 Å². The Morgan fingerprint density at radius 3 is 1.96 bits per heavy atom. The Kier molecular flexibility index (Phi) is 6.49. The number of Topliss-reactive ketones (excluding diaryl/α,β-unsaturated/α-hetero) is 1. The Hall–Kier alpha value is -2.48. The van der Waals surface area contributed by atoms with Crippen LogP contribution in [0.3, 0.4) is 0 Å². The van der Waals surface area contributed by atoms with Crippen LogP contribution in [0.5, 0.6) is 0 Å². The number of carbonyl (C=O) groups is 2. The lowest BCUT2D eigenvalue weighted by Gasteiger charge is -2.07. The van der Waals surface area contributed by atoms with E-state index in [0.29, 0.717) is 17.6 Å². The molecule has 0 aliphatic rings. The van der Waals surface area contributed by atoms with Gasteiger partial charge in [0.2, 0.25) is 0 Å². The van der Waals surface area contributed by atoms with E-state index in [4.69, 9.17) is 0 Å². The van der Waals surface area contributed by atoms with Crippen molar-refractivity contribution in [3.05, 3.63) is 77.9 Å². The summed E-state index contributed by atoms with van der Waals surface area (Å²) < 4.78 is 0. The molecule has 0 aliphatic heterocycles. The molecule has 0 heterocycles. The fraction of sp³-hybridized carbons (Fsp3) is 0.238. The molecule has 2 aromatic rings. The van der Waals surface area contributed by atoms with Crippen molar-refractivity contribution < 1.29 is 9.59 Å². The molecule has 2 heteroatoms. The van der Waals surface area contributed by atoms with Crippen LogP contribution in [0.2, 0.25) is 0 Å². The molecule has 2 rings (SSSR count). The first-order chi connectivity index (χ1) is 11.2. The van der Waals surface area contributed by atoms with Crippen molar-refractivity contribution in [2.24, 2.45) is 0 Å². The Bertz CT molecular complexity index is 670. The highest BCUT2D eigenvalue weighted by molar-refractivity contribution is 6.31. The SMILES string of the molecule is CCCCCC(=O)/C=C(/C(=O)c1ccccc1)c1ccccc1. The maximum atomic E-state index is 12.8. The van der Waals surface area contributed by atoms with Crippen LogP contribution in [0.15, 0.2) is 66.7 Å². The summed E-state index contributed by atoms with van der Waals surface area (Å²) in [5.74, 6) is -0.0952. The van der Waals surface area contributed by atoms with E-state index in [9.17, 15) is 9.59 Å². The third-order valence-corrected chi connectivity index (χ3v) is 3.70. The Labute approximate surface area is 137 Å². The minimum atomic E-state index is -0.111. The van der Waals surface area contributed by atoms with E-state index < -0.39 is 0 Å². The van der Waals surface area contributed by atoms with Gasteiger partial charge in [-0.3, -0.25) is 9.59 Å². The summed E-state index contributed by atoms with van der Waals surface area (Å²) in [6.45, 7) is 2.11. The van der Waals surface area contributed by atoms with Gasteiger partial charge in [0.25, 0.3) is 0 Å². The van der Waals surface area contributed by atoms with Crippen LogP contribution in [0.4, 0.5) is 0 Å². The molecule has 0 unspecified atom stereocenters. The number of unbranched alkanes of at least 4 members (excludes halogenated alkanes) is 2. The maximum Gasteiger partial charge on any atom is 0.193 e. The molecule has 0 aromatic heterocycles. The molecule has 2 aromatic carbocycles. The monoisotopic (exact) mass is 306 g/mol. The lowest BCUT2D eigenvalue weighted by Crippen LogP contribution is -2.05. The molecule has 0 fully saturated rings. The van der Waals surface area contributed by atoms with Crippen LogP contribution in [-0.4, -0.2) is 11.6 Å². The Balaban J connectivity index is 2.29. The van der Waals surface area contributed by atoms with Crippen LogP contribution in [0.25, 0.3) is 5.57 Å². The fourth-order valence-electron chi connectivity index (χ4n) is 2.43. The van der Waals surface area contributed by atoms with E-state index in [1.165, 1.54) is 6.08 Å². The first kappa shape index (κ1) is 16.9. The molecule has 0 amide bonds. The second kappa shape index (κ2) is 8.84. The smallest absolute Gasteiger partial charge is 0.193 e. The van der Waals surface area contributed by atoms with Gasteiger partial charge in [0.05, 0.1) is 0 Å². The molecule has 0 saturated carbocycles. The zero-order valence-electron chi connectivity index (χ0n) is 13.5. The lowest BCUT2D eigenvalue weighted by atomic mass is 9.95. The molecule has 0 N–H and O–H groups in total. The molecule has 0 aliphatic carbocycles. The highest BCUT2D eigenvalue weighted by atomic mass is 16.1. The topological polar surface area (TPSA) is 34.1 Å². The normalized spacial score (nSPS) is 11.3. The van der Waals surface area contributed by atoms with Gasteiger partial charge in [-0.25, -0.2) is 0 Å². The van der Waals surface area contributed by atoms with Crippen molar-refractivity contribution in [2.75, 3.05) is 0 Å². The lowest BCUT2D eigenvalue weighted by molar-refractivity contribution is -0.114. The van der Waals surface area contributed by atoms with Gasteiger partial charge in [0, 0.05) is 17.6 Å². The highest BCUT2D eigenvalue weighted by Gasteiger charge is 2.15. The quantitative estimate of drug-likeness (QED) is 0.386. The van der Waals surface area contributed by atoms with E-state index >= 15 is 0 Å². The average molecular weight is 306 g/mol. The molecule has 0 saturated heterocycles. The van der Waals surface area contributed by atoms with E-state index in [-0.39, 0.29) is 11.6 Å². The van der Waals surface area contributed by atoms with E-state index in [1.54, 1.807) is 12.1 Å². The second-order valence-electron chi connectivity index (χ2n) is 5.54. The molecule has 118 valence electrons. The predicted molar refractivity (Wildman–Crippen MR) is 94.3 cm³/mol. The van der Waals surface area contributed by atoms with Crippen LogP contribution < -0.4 is 0 Å². The predicted octanol–water partition coefficient (Wildman–Crippen LogP) is 5.10. The summed E-state index contributed by atoms with van der Waals surface area (Å²) in [7, 11) is 0. The largest absolute Gasteiger partial charge is 0.295 e. The minimum Gasteiger partial charge on any atom is -0.295 e. The summed E-state index contributed by atoms with van der Waals surface area (Å²) in [4.78, 5) is 25.0. The van der Waals surface area contributed by atoms with Crippen molar-refractivity contribution in [2.45, 2.75) is 32.6 Å². The number of hydrogen-bond acceptors (Lipinski definition) is 2.